The summed E-state index contributed by atoms with van der Waals surface area (Å²) in [6.45, 7) is 2.93. The van der Waals surface area contributed by atoms with Gasteiger partial charge in [0.2, 0.25) is 5.91 Å². The van der Waals surface area contributed by atoms with Crippen molar-refractivity contribution >= 4 is 11.6 Å². The van der Waals surface area contributed by atoms with Crippen molar-refractivity contribution in [3.8, 4) is 17.3 Å². The van der Waals surface area contributed by atoms with E-state index >= 15 is 0 Å². The van der Waals surface area contributed by atoms with Crippen LogP contribution in [0, 0.1) is 0 Å². The molecule has 1 N–H and O–H groups in total. The zero-order valence-corrected chi connectivity index (χ0v) is 15.0. The van der Waals surface area contributed by atoms with Crippen LogP contribution in [0.25, 0.3) is 5.82 Å². The molecular weight excluding hydrogens is 346 g/mol. The number of anilines is 1. The molecule has 0 aliphatic heterocycles. The number of aromatic nitrogens is 4. The maximum atomic E-state index is 12.1. The first kappa shape index (κ1) is 18.4. The molecule has 0 unspecified atom stereocenters. The Bertz CT molecular complexity index is 850. The van der Waals surface area contributed by atoms with Crippen LogP contribution < -0.4 is 14.8 Å². The minimum Gasteiger partial charge on any atom is -0.490 e. The van der Waals surface area contributed by atoms with E-state index in [0.29, 0.717) is 49.1 Å². The zero-order chi connectivity index (χ0) is 18.9. The van der Waals surface area contributed by atoms with Gasteiger partial charge in [-0.15, -0.1) is 0 Å². The fourth-order valence-electron chi connectivity index (χ4n) is 2.40. The minimum absolute atomic E-state index is 0.0907. The average Bonchev–Trinajstić information content (AvgIpc) is 3.22. The molecule has 140 valence electrons. The molecule has 1 amide bonds. The Labute approximate surface area is 157 Å². The number of carbonyl (C=O) groups is 1. The summed E-state index contributed by atoms with van der Waals surface area (Å²) in [6, 6.07) is 11.0. The first-order chi connectivity index (χ1) is 13.3. The summed E-state index contributed by atoms with van der Waals surface area (Å²) < 4.78 is 12.8. The highest BCUT2D eigenvalue weighted by atomic mass is 16.5. The van der Waals surface area contributed by atoms with E-state index in [1.807, 2.05) is 31.2 Å². The molecule has 2 heterocycles. The highest BCUT2D eigenvalue weighted by molar-refractivity contribution is 5.90. The van der Waals surface area contributed by atoms with Gasteiger partial charge in [0.1, 0.15) is 12.7 Å². The fourth-order valence-corrected chi connectivity index (χ4v) is 2.40. The summed E-state index contributed by atoms with van der Waals surface area (Å²) in [5.74, 6) is 1.94. The molecule has 0 saturated carbocycles. The van der Waals surface area contributed by atoms with E-state index in [1.165, 1.54) is 6.33 Å². The average molecular weight is 367 g/mol. The highest BCUT2D eigenvalue weighted by Crippen LogP contribution is 2.26. The second-order valence-electron chi connectivity index (χ2n) is 5.63. The first-order valence-electron chi connectivity index (χ1n) is 8.72. The molecule has 0 saturated heterocycles. The van der Waals surface area contributed by atoms with Gasteiger partial charge in [-0.3, -0.25) is 4.79 Å². The molecule has 3 aromatic rings. The molecule has 2 aromatic heterocycles. The number of benzene rings is 1. The minimum atomic E-state index is -0.0907. The third-order valence-electron chi connectivity index (χ3n) is 3.64. The van der Waals surface area contributed by atoms with Crippen LogP contribution in [0.2, 0.25) is 0 Å². The van der Waals surface area contributed by atoms with Gasteiger partial charge in [0.05, 0.1) is 25.1 Å². The monoisotopic (exact) mass is 367 g/mol. The molecule has 0 fully saturated rings. The maximum Gasteiger partial charge on any atom is 0.224 e. The molecule has 3 rings (SSSR count). The van der Waals surface area contributed by atoms with Crippen LogP contribution in [0.3, 0.4) is 0 Å². The van der Waals surface area contributed by atoms with E-state index in [2.05, 4.69) is 20.4 Å². The number of carbonyl (C=O) groups excluding carboxylic acids is 1. The molecule has 0 atom stereocenters. The Morgan fingerprint density at radius 2 is 1.96 bits per heavy atom. The van der Waals surface area contributed by atoms with Crippen LogP contribution >= 0.6 is 0 Å². The maximum absolute atomic E-state index is 12.1. The standard InChI is InChI=1S/C19H21N5O3/c1-2-26-16-6-3-4-7-17(16)27-11-5-8-19(25)23-15-9-10-18(21-12-15)24-14-20-13-22-24/h3-4,6-7,9-10,12-14H,2,5,8,11H2,1H3,(H,23,25). The van der Waals surface area contributed by atoms with Gasteiger partial charge in [-0.1, -0.05) is 12.1 Å². The lowest BCUT2D eigenvalue weighted by Crippen LogP contribution is -2.13. The Morgan fingerprint density at radius 1 is 1.15 bits per heavy atom. The van der Waals surface area contributed by atoms with Gasteiger partial charge >= 0.3 is 0 Å². The molecule has 0 spiro atoms. The normalized spacial score (nSPS) is 10.4. The van der Waals surface area contributed by atoms with Crippen molar-refractivity contribution in [3.05, 3.63) is 55.2 Å². The summed E-state index contributed by atoms with van der Waals surface area (Å²) in [4.78, 5) is 20.2. The number of amides is 1. The molecule has 0 radical (unpaired) electrons. The third kappa shape index (κ3) is 5.27. The smallest absolute Gasteiger partial charge is 0.224 e. The van der Waals surface area contributed by atoms with Crippen LogP contribution in [0.1, 0.15) is 19.8 Å². The zero-order valence-electron chi connectivity index (χ0n) is 15.0. The van der Waals surface area contributed by atoms with Crippen molar-refractivity contribution in [1.82, 2.24) is 19.7 Å². The lowest BCUT2D eigenvalue weighted by atomic mass is 10.3. The molecule has 0 aliphatic carbocycles. The van der Waals surface area contributed by atoms with Crippen molar-refractivity contribution in [2.45, 2.75) is 19.8 Å². The molecular formula is C19H21N5O3. The Hall–Kier alpha value is -3.42. The van der Waals surface area contributed by atoms with Gasteiger partial charge in [-0.25, -0.2) is 14.6 Å². The van der Waals surface area contributed by atoms with E-state index in [1.54, 1.807) is 29.3 Å². The number of nitrogens with zero attached hydrogens (tertiary/aromatic N) is 4. The largest absolute Gasteiger partial charge is 0.490 e. The Kier molecular flexibility index (Phi) is 6.35. The van der Waals surface area contributed by atoms with E-state index in [4.69, 9.17) is 9.47 Å². The van der Waals surface area contributed by atoms with Crippen molar-refractivity contribution in [3.63, 3.8) is 0 Å². The predicted molar refractivity (Wildman–Crippen MR) is 100 cm³/mol. The van der Waals surface area contributed by atoms with Crippen molar-refractivity contribution in [2.75, 3.05) is 18.5 Å². The molecule has 8 heteroatoms. The lowest BCUT2D eigenvalue weighted by Gasteiger charge is -2.11. The first-order valence-corrected chi connectivity index (χ1v) is 8.72. The fraction of sp³-hybridized carbons (Fsp3) is 0.263. The highest BCUT2D eigenvalue weighted by Gasteiger charge is 2.06. The lowest BCUT2D eigenvalue weighted by molar-refractivity contribution is -0.116. The number of ether oxygens (including phenoxy) is 2. The Morgan fingerprint density at radius 3 is 2.63 bits per heavy atom. The van der Waals surface area contributed by atoms with Gasteiger partial charge in [-0.05, 0) is 37.6 Å². The van der Waals surface area contributed by atoms with Gasteiger partial charge in [-0.2, -0.15) is 5.10 Å². The van der Waals surface area contributed by atoms with Crippen LogP contribution in [0.5, 0.6) is 11.5 Å². The van der Waals surface area contributed by atoms with Crippen LogP contribution in [0.15, 0.2) is 55.2 Å². The van der Waals surface area contributed by atoms with Crippen LogP contribution in [-0.4, -0.2) is 38.9 Å². The Balaban J connectivity index is 1.42. The van der Waals surface area contributed by atoms with E-state index in [0.717, 1.165) is 0 Å². The predicted octanol–water partition coefficient (Wildman–Crippen LogP) is 2.86. The van der Waals surface area contributed by atoms with Crippen LogP contribution in [0.4, 0.5) is 5.69 Å². The van der Waals surface area contributed by atoms with E-state index in [9.17, 15) is 4.79 Å². The molecule has 1 aromatic carbocycles. The van der Waals surface area contributed by atoms with Crippen molar-refractivity contribution in [2.24, 2.45) is 0 Å². The second kappa shape index (κ2) is 9.33. The number of nitrogens with one attached hydrogen (secondary N) is 1. The third-order valence-corrected chi connectivity index (χ3v) is 3.64. The second-order valence-corrected chi connectivity index (χ2v) is 5.63. The quantitative estimate of drug-likeness (QED) is 0.585. The SMILES string of the molecule is CCOc1ccccc1OCCCC(=O)Nc1ccc(-n2cncn2)nc1. The molecule has 27 heavy (non-hydrogen) atoms. The topological polar surface area (TPSA) is 91.2 Å². The summed E-state index contributed by atoms with van der Waals surface area (Å²) in [5.41, 5.74) is 0.631. The number of hydrogen-bond donors (Lipinski definition) is 1. The van der Waals surface area contributed by atoms with Crippen molar-refractivity contribution < 1.29 is 14.3 Å². The van der Waals surface area contributed by atoms with Gasteiger partial charge in [0, 0.05) is 6.42 Å². The number of rotatable bonds is 9. The molecule has 8 nitrogen and oxygen atoms in total. The van der Waals surface area contributed by atoms with E-state index < -0.39 is 0 Å². The molecule has 0 bridgehead atoms. The molecule has 0 aliphatic rings. The number of hydrogen-bond acceptors (Lipinski definition) is 6. The summed E-state index contributed by atoms with van der Waals surface area (Å²) >= 11 is 0. The number of pyridine rings is 1. The van der Waals surface area contributed by atoms with Crippen molar-refractivity contribution in [1.29, 1.82) is 0 Å². The number of para-hydroxylation sites is 2. The van der Waals surface area contributed by atoms with E-state index in [-0.39, 0.29) is 5.91 Å². The van der Waals surface area contributed by atoms with Crippen LogP contribution in [-0.2, 0) is 4.79 Å². The summed E-state index contributed by atoms with van der Waals surface area (Å²) in [7, 11) is 0. The van der Waals surface area contributed by atoms with Gasteiger partial charge in [0.15, 0.2) is 17.3 Å². The van der Waals surface area contributed by atoms with Gasteiger partial charge in [0.25, 0.3) is 0 Å². The summed E-state index contributed by atoms with van der Waals surface area (Å²) in [5, 5.41) is 6.82. The van der Waals surface area contributed by atoms with Gasteiger partial charge < -0.3 is 14.8 Å². The summed E-state index contributed by atoms with van der Waals surface area (Å²) in [6.07, 6.45) is 5.53.